The van der Waals surface area contributed by atoms with Crippen LogP contribution in [0.2, 0.25) is 0 Å². The van der Waals surface area contributed by atoms with Crippen molar-refractivity contribution in [1.82, 2.24) is 0 Å². The minimum absolute atomic E-state index is 0.0712. The Morgan fingerprint density at radius 1 is 0.906 bits per heavy atom. The number of nitrogens with zero attached hydrogens (tertiary/aromatic N) is 1. The highest BCUT2D eigenvalue weighted by Crippen LogP contribution is 2.32. The van der Waals surface area contributed by atoms with Crippen molar-refractivity contribution in [3.05, 3.63) is 65.2 Å². The third kappa shape index (κ3) is 4.46. The number of hydrogen-bond donors (Lipinski definition) is 0. The maximum atomic E-state index is 12.7. The molecule has 0 bridgehead atoms. The van der Waals surface area contributed by atoms with E-state index < -0.39 is 42.3 Å². The lowest BCUT2D eigenvalue weighted by Crippen LogP contribution is -2.36. The van der Waals surface area contributed by atoms with Crippen LogP contribution in [0.25, 0.3) is 0 Å². The van der Waals surface area contributed by atoms with Crippen LogP contribution in [0.1, 0.15) is 33.2 Å². The number of ether oxygens (including phenoxy) is 5. The summed E-state index contributed by atoms with van der Waals surface area (Å²) in [4.78, 5) is 36.3. The van der Waals surface area contributed by atoms with Gasteiger partial charge < -0.3 is 23.7 Å². The summed E-state index contributed by atoms with van der Waals surface area (Å²) in [5.41, 5.74) is 0.841. The van der Waals surface area contributed by atoms with Crippen LogP contribution < -0.4 is 4.74 Å². The Kier molecular flexibility index (Phi) is 6.16. The Morgan fingerprint density at radius 3 is 2.09 bits per heavy atom. The molecule has 164 valence electrons. The highest BCUT2D eigenvalue weighted by atomic mass is 16.7. The van der Waals surface area contributed by atoms with Crippen molar-refractivity contribution in [3.63, 3.8) is 0 Å². The SMILES string of the molecule is CC(=O)Oc1ccccc1C(=O)O[C@H]1CO[C@H]2[C@@H]1OC[C@H]2OC(=O)c1ccc(C#N)cc1. The Hall–Kier alpha value is -3.74. The molecule has 9 heteroatoms. The predicted octanol–water partition coefficient (Wildman–Crippen LogP) is 2.03. The van der Waals surface area contributed by atoms with Crippen molar-refractivity contribution in [1.29, 1.82) is 5.26 Å². The number of para-hydroxylation sites is 1. The van der Waals surface area contributed by atoms with Gasteiger partial charge in [-0.2, -0.15) is 5.26 Å². The third-order valence-corrected chi connectivity index (χ3v) is 5.09. The van der Waals surface area contributed by atoms with Gasteiger partial charge in [0.05, 0.1) is 30.4 Å². The molecule has 0 spiro atoms. The average Bonchev–Trinajstić information content (AvgIpc) is 3.37. The normalized spacial score (nSPS) is 23.6. The van der Waals surface area contributed by atoms with E-state index in [2.05, 4.69) is 0 Å². The number of nitriles is 1. The molecule has 0 aromatic heterocycles. The predicted molar refractivity (Wildman–Crippen MR) is 107 cm³/mol. The van der Waals surface area contributed by atoms with Crippen LogP contribution in [-0.4, -0.2) is 55.5 Å². The maximum Gasteiger partial charge on any atom is 0.342 e. The van der Waals surface area contributed by atoms with Gasteiger partial charge in [-0.3, -0.25) is 4.79 Å². The topological polar surface area (TPSA) is 121 Å². The first-order chi connectivity index (χ1) is 15.5. The van der Waals surface area contributed by atoms with Crippen molar-refractivity contribution in [2.45, 2.75) is 31.3 Å². The summed E-state index contributed by atoms with van der Waals surface area (Å²) >= 11 is 0. The van der Waals surface area contributed by atoms with E-state index in [1.165, 1.54) is 43.3 Å². The van der Waals surface area contributed by atoms with Gasteiger partial charge in [-0.1, -0.05) is 12.1 Å². The molecule has 2 aromatic carbocycles. The molecule has 0 radical (unpaired) electrons. The molecular weight excluding hydrogens is 418 g/mol. The second-order valence-corrected chi connectivity index (χ2v) is 7.26. The number of benzene rings is 2. The molecule has 2 aliphatic rings. The smallest absolute Gasteiger partial charge is 0.342 e. The fourth-order valence-corrected chi connectivity index (χ4v) is 3.60. The Morgan fingerprint density at radius 2 is 1.50 bits per heavy atom. The zero-order valence-electron chi connectivity index (χ0n) is 17.1. The molecule has 0 saturated carbocycles. The Labute approximate surface area is 183 Å². The molecule has 2 saturated heterocycles. The van der Waals surface area contributed by atoms with E-state index >= 15 is 0 Å². The molecule has 0 amide bonds. The van der Waals surface area contributed by atoms with E-state index in [-0.39, 0.29) is 24.5 Å². The minimum Gasteiger partial charge on any atom is -0.453 e. The molecule has 2 heterocycles. The summed E-state index contributed by atoms with van der Waals surface area (Å²) in [7, 11) is 0. The first kappa shape index (κ1) is 21.5. The van der Waals surface area contributed by atoms with E-state index in [1.807, 2.05) is 6.07 Å². The summed E-state index contributed by atoms with van der Waals surface area (Å²) in [6.07, 6.45) is -2.56. The third-order valence-electron chi connectivity index (χ3n) is 5.09. The second-order valence-electron chi connectivity index (χ2n) is 7.26. The van der Waals surface area contributed by atoms with E-state index in [9.17, 15) is 14.4 Å². The highest BCUT2D eigenvalue weighted by molar-refractivity contribution is 5.93. The fraction of sp³-hybridized carbons (Fsp3) is 0.304. The van der Waals surface area contributed by atoms with Gasteiger partial charge in [0.1, 0.15) is 23.5 Å². The molecular formula is C23H19NO8. The summed E-state index contributed by atoms with van der Waals surface area (Å²) < 4.78 is 27.5. The van der Waals surface area contributed by atoms with Crippen LogP contribution in [0.4, 0.5) is 0 Å². The van der Waals surface area contributed by atoms with Crippen molar-refractivity contribution in [2.24, 2.45) is 0 Å². The van der Waals surface area contributed by atoms with Crippen LogP contribution in [0.5, 0.6) is 5.75 Å². The lowest BCUT2D eigenvalue weighted by Gasteiger charge is -2.18. The zero-order valence-corrected chi connectivity index (χ0v) is 17.1. The van der Waals surface area contributed by atoms with Crippen molar-refractivity contribution in [3.8, 4) is 11.8 Å². The Bertz CT molecular complexity index is 1070. The van der Waals surface area contributed by atoms with Crippen LogP contribution >= 0.6 is 0 Å². The van der Waals surface area contributed by atoms with Gasteiger partial charge in [-0.25, -0.2) is 9.59 Å². The van der Waals surface area contributed by atoms with Gasteiger partial charge in [0.25, 0.3) is 0 Å². The molecule has 2 aliphatic heterocycles. The lowest BCUT2D eigenvalue weighted by molar-refractivity contribution is -0.131. The number of carbonyl (C=O) groups is 3. The monoisotopic (exact) mass is 437 g/mol. The summed E-state index contributed by atoms with van der Waals surface area (Å²) in [5.74, 6) is -1.71. The Balaban J connectivity index is 1.38. The number of esters is 3. The number of hydrogen-bond acceptors (Lipinski definition) is 9. The maximum absolute atomic E-state index is 12.7. The van der Waals surface area contributed by atoms with Crippen molar-refractivity contribution < 1.29 is 38.1 Å². The first-order valence-corrected chi connectivity index (χ1v) is 9.89. The quantitative estimate of drug-likeness (QED) is 0.511. The van der Waals surface area contributed by atoms with E-state index in [1.54, 1.807) is 12.1 Å². The standard InChI is InChI=1S/C23H19NO8/c1-13(25)30-17-5-3-2-4-16(17)23(27)32-19-12-29-20-18(11-28-21(19)20)31-22(26)15-8-6-14(10-24)7-9-15/h2-9,18-21H,11-12H2,1H3/t18-,19+,20-,21-/m1/s1. The number of rotatable bonds is 5. The molecule has 0 aliphatic carbocycles. The number of fused-ring (bicyclic) bond motifs is 1. The summed E-state index contributed by atoms with van der Waals surface area (Å²) in [5, 5.41) is 8.86. The highest BCUT2D eigenvalue weighted by Gasteiger charge is 2.51. The van der Waals surface area contributed by atoms with Gasteiger partial charge in [-0.05, 0) is 36.4 Å². The second kappa shape index (κ2) is 9.18. The molecule has 4 rings (SSSR count). The average molecular weight is 437 g/mol. The van der Waals surface area contributed by atoms with E-state index in [4.69, 9.17) is 28.9 Å². The van der Waals surface area contributed by atoms with Crippen LogP contribution in [0.15, 0.2) is 48.5 Å². The van der Waals surface area contributed by atoms with E-state index in [0.717, 1.165) is 0 Å². The van der Waals surface area contributed by atoms with Crippen LogP contribution in [0.3, 0.4) is 0 Å². The largest absolute Gasteiger partial charge is 0.453 e. The molecule has 2 fully saturated rings. The number of carbonyl (C=O) groups excluding carboxylic acids is 3. The molecule has 9 nitrogen and oxygen atoms in total. The lowest BCUT2D eigenvalue weighted by atomic mass is 10.1. The van der Waals surface area contributed by atoms with Crippen LogP contribution in [0, 0.1) is 11.3 Å². The van der Waals surface area contributed by atoms with Gasteiger partial charge in [0.2, 0.25) is 0 Å². The molecule has 4 atom stereocenters. The summed E-state index contributed by atoms with van der Waals surface area (Å²) in [6, 6.07) is 14.3. The molecule has 2 aromatic rings. The summed E-state index contributed by atoms with van der Waals surface area (Å²) in [6.45, 7) is 1.40. The van der Waals surface area contributed by atoms with Crippen molar-refractivity contribution >= 4 is 17.9 Å². The van der Waals surface area contributed by atoms with Gasteiger partial charge >= 0.3 is 17.9 Å². The van der Waals surface area contributed by atoms with Gasteiger partial charge in [-0.15, -0.1) is 0 Å². The molecule has 32 heavy (non-hydrogen) atoms. The first-order valence-electron chi connectivity index (χ1n) is 9.89. The minimum atomic E-state index is -0.712. The van der Waals surface area contributed by atoms with Crippen LogP contribution in [-0.2, 0) is 23.7 Å². The zero-order chi connectivity index (χ0) is 22.7. The van der Waals surface area contributed by atoms with E-state index in [0.29, 0.717) is 11.1 Å². The molecule has 0 N–H and O–H groups in total. The fourth-order valence-electron chi connectivity index (χ4n) is 3.60. The molecule has 0 unspecified atom stereocenters. The van der Waals surface area contributed by atoms with Crippen molar-refractivity contribution in [2.75, 3.05) is 13.2 Å². The van der Waals surface area contributed by atoms with Gasteiger partial charge in [0.15, 0.2) is 12.2 Å². The van der Waals surface area contributed by atoms with Gasteiger partial charge in [0, 0.05) is 6.92 Å².